The van der Waals surface area contributed by atoms with E-state index in [1.165, 1.54) is 43.5 Å². The molecule has 1 aromatic carbocycles. The van der Waals surface area contributed by atoms with Gasteiger partial charge in [0.05, 0.1) is 0 Å². The first-order valence-corrected chi connectivity index (χ1v) is 7.86. The lowest BCUT2D eigenvalue weighted by molar-refractivity contribution is 0.291. The molecule has 2 aromatic rings. The van der Waals surface area contributed by atoms with Gasteiger partial charge in [-0.1, -0.05) is 36.4 Å². The van der Waals surface area contributed by atoms with Gasteiger partial charge in [-0.15, -0.1) is 12.4 Å². The fraction of sp³-hybridized carbons (Fsp3) is 0.389. The molecule has 2 heterocycles. The Labute approximate surface area is 139 Å². The van der Waals surface area contributed by atoms with Crippen LogP contribution in [0.3, 0.4) is 0 Å². The lowest BCUT2D eigenvalue weighted by atomic mass is 9.99. The predicted octanol–water partition coefficient (Wildman–Crippen LogP) is 3.87. The van der Waals surface area contributed by atoms with Crippen LogP contribution in [0.4, 0.5) is 0 Å². The number of rotatable bonds is 6. The van der Waals surface area contributed by atoms with Crippen molar-refractivity contribution in [3.05, 3.63) is 60.4 Å². The molecule has 3 rings (SSSR count). The van der Waals surface area contributed by atoms with Gasteiger partial charge >= 0.3 is 0 Å². The quantitative estimate of drug-likeness (QED) is 0.754. The minimum atomic E-state index is 0. The van der Waals surface area contributed by atoms with E-state index < -0.39 is 0 Å². The standard InChI is InChI=1S/C18H23N3.ClH/c1-2-7-17(8-3-1)18-9-15-20(16-10-18)12-4-5-13-21-14-6-11-19-21;/h1-3,6-9,11,14H,4-5,10,12-13,15-16H2;1H. The molecule has 118 valence electrons. The van der Waals surface area contributed by atoms with Crippen LogP contribution in [0.25, 0.3) is 5.57 Å². The lowest BCUT2D eigenvalue weighted by Crippen LogP contribution is -2.29. The maximum atomic E-state index is 4.24. The summed E-state index contributed by atoms with van der Waals surface area (Å²) in [6, 6.07) is 12.7. The maximum Gasteiger partial charge on any atom is 0.0489 e. The molecule has 4 heteroatoms. The minimum Gasteiger partial charge on any atom is -0.299 e. The number of nitrogens with zero attached hydrogens (tertiary/aromatic N) is 3. The van der Waals surface area contributed by atoms with Crippen molar-refractivity contribution in [1.29, 1.82) is 0 Å². The Kier molecular flexibility index (Phi) is 6.69. The Morgan fingerprint density at radius 3 is 2.50 bits per heavy atom. The summed E-state index contributed by atoms with van der Waals surface area (Å²) in [5.41, 5.74) is 2.89. The average molecular weight is 318 g/mol. The van der Waals surface area contributed by atoms with Crippen LogP contribution in [0, 0.1) is 0 Å². The second-order valence-electron chi connectivity index (χ2n) is 5.62. The molecular weight excluding hydrogens is 294 g/mol. The predicted molar refractivity (Wildman–Crippen MR) is 94.2 cm³/mol. The van der Waals surface area contributed by atoms with Crippen LogP contribution < -0.4 is 0 Å². The van der Waals surface area contributed by atoms with E-state index in [0.717, 1.165) is 13.1 Å². The summed E-state index contributed by atoms with van der Waals surface area (Å²) in [5.74, 6) is 0. The van der Waals surface area contributed by atoms with Crippen LogP contribution in [0.5, 0.6) is 0 Å². The fourth-order valence-corrected chi connectivity index (χ4v) is 2.87. The third-order valence-electron chi connectivity index (χ3n) is 4.11. The minimum absolute atomic E-state index is 0. The van der Waals surface area contributed by atoms with Crippen molar-refractivity contribution < 1.29 is 0 Å². The highest BCUT2D eigenvalue weighted by Gasteiger charge is 2.12. The van der Waals surface area contributed by atoms with E-state index in [1.807, 2.05) is 23.1 Å². The molecule has 0 radical (unpaired) electrons. The zero-order chi connectivity index (χ0) is 14.3. The van der Waals surface area contributed by atoms with Gasteiger partial charge in [0.1, 0.15) is 0 Å². The summed E-state index contributed by atoms with van der Waals surface area (Å²) in [5, 5.41) is 4.24. The van der Waals surface area contributed by atoms with Crippen molar-refractivity contribution in [2.75, 3.05) is 19.6 Å². The van der Waals surface area contributed by atoms with E-state index in [0.29, 0.717) is 0 Å². The molecule has 0 saturated carbocycles. The first-order chi connectivity index (χ1) is 10.4. The Morgan fingerprint density at radius 2 is 1.82 bits per heavy atom. The van der Waals surface area contributed by atoms with E-state index in [9.17, 15) is 0 Å². The summed E-state index contributed by atoms with van der Waals surface area (Å²) in [7, 11) is 0. The lowest BCUT2D eigenvalue weighted by Gasteiger charge is -2.26. The Balaban J connectivity index is 0.00000176. The molecule has 22 heavy (non-hydrogen) atoms. The monoisotopic (exact) mass is 317 g/mol. The van der Waals surface area contributed by atoms with Crippen LogP contribution >= 0.6 is 12.4 Å². The van der Waals surface area contributed by atoms with Crippen molar-refractivity contribution in [3.63, 3.8) is 0 Å². The van der Waals surface area contributed by atoms with Gasteiger partial charge in [-0.3, -0.25) is 9.58 Å². The normalized spacial score (nSPS) is 15.2. The van der Waals surface area contributed by atoms with Crippen molar-refractivity contribution in [1.82, 2.24) is 14.7 Å². The molecule has 0 fully saturated rings. The number of aromatic nitrogens is 2. The molecule has 0 spiro atoms. The number of unbranched alkanes of at least 4 members (excludes halogenated alkanes) is 1. The summed E-state index contributed by atoms with van der Waals surface area (Å²) < 4.78 is 2.02. The number of hydrogen-bond acceptors (Lipinski definition) is 2. The van der Waals surface area contributed by atoms with Crippen LogP contribution in [0.15, 0.2) is 54.9 Å². The van der Waals surface area contributed by atoms with Crippen LogP contribution in [0.2, 0.25) is 0 Å². The largest absolute Gasteiger partial charge is 0.299 e. The molecule has 0 atom stereocenters. The zero-order valence-electron chi connectivity index (χ0n) is 12.9. The second-order valence-corrected chi connectivity index (χ2v) is 5.62. The third-order valence-corrected chi connectivity index (χ3v) is 4.11. The highest BCUT2D eigenvalue weighted by Crippen LogP contribution is 2.22. The van der Waals surface area contributed by atoms with E-state index >= 15 is 0 Å². The zero-order valence-corrected chi connectivity index (χ0v) is 13.7. The molecule has 0 aliphatic carbocycles. The molecule has 1 aliphatic heterocycles. The van der Waals surface area contributed by atoms with Gasteiger partial charge in [0.15, 0.2) is 0 Å². The van der Waals surface area contributed by atoms with Gasteiger partial charge in [-0.25, -0.2) is 0 Å². The Bertz CT molecular complexity index is 563. The van der Waals surface area contributed by atoms with Crippen molar-refractivity contribution >= 4 is 18.0 Å². The molecule has 1 aromatic heterocycles. The number of aryl methyl sites for hydroxylation is 1. The summed E-state index contributed by atoms with van der Waals surface area (Å²) in [6.45, 7) is 4.50. The molecule has 0 saturated heterocycles. The van der Waals surface area contributed by atoms with Crippen LogP contribution in [-0.2, 0) is 6.54 Å². The van der Waals surface area contributed by atoms with Gasteiger partial charge < -0.3 is 0 Å². The molecule has 0 amide bonds. The molecular formula is C18H24ClN3. The summed E-state index contributed by atoms with van der Waals surface area (Å²) in [6.07, 6.45) is 9.90. The summed E-state index contributed by atoms with van der Waals surface area (Å²) in [4.78, 5) is 2.55. The van der Waals surface area contributed by atoms with Gasteiger partial charge in [0, 0.05) is 32.0 Å². The number of halogens is 1. The first kappa shape index (κ1) is 16.8. The van der Waals surface area contributed by atoms with Gasteiger partial charge in [0.25, 0.3) is 0 Å². The van der Waals surface area contributed by atoms with E-state index in [2.05, 4.69) is 46.4 Å². The topological polar surface area (TPSA) is 21.1 Å². The van der Waals surface area contributed by atoms with Gasteiger partial charge in [-0.2, -0.15) is 5.10 Å². The molecule has 0 bridgehead atoms. The average Bonchev–Trinajstić information content (AvgIpc) is 3.06. The third kappa shape index (κ3) is 4.72. The van der Waals surface area contributed by atoms with Gasteiger partial charge in [0.2, 0.25) is 0 Å². The Hall–Kier alpha value is -1.58. The van der Waals surface area contributed by atoms with Crippen molar-refractivity contribution in [2.45, 2.75) is 25.8 Å². The SMILES string of the molecule is C1=C(c2ccccc2)CCN(CCCCn2cccn2)C1.Cl. The molecule has 0 N–H and O–H groups in total. The molecule has 3 nitrogen and oxygen atoms in total. The van der Waals surface area contributed by atoms with E-state index in [-0.39, 0.29) is 12.4 Å². The van der Waals surface area contributed by atoms with E-state index in [4.69, 9.17) is 0 Å². The van der Waals surface area contributed by atoms with Crippen LogP contribution in [0.1, 0.15) is 24.8 Å². The maximum absolute atomic E-state index is 4.24. The van der Waals surface area contributed by atoms with Crippen LogP contribution in [-0.4, -0.2) is 34.3 Å². The van der Waals surface area contributed by atoms with Gasteiger partial charge in [-0.05, 0) is 43.0 Å². The number of benzene rings is 1. The second kappa shape index (κ2) is 8.76. The highest BCUT2D eigenvalue weighted by molar-refractivity contribution is 5.85. The smallest absolute Gasteiger partial charge is 0.0489 e. The first-order valence-electron chi connectivity index (χ1n) is 7.86. The highest BCUT2D eigenvalue weighted by atomic mass is 35.5. The Morgan fingerprint density at radius 1 is 1.00 bits per heavy atom. The summed E-state index contributed by atoms with van der Waals surface area (Å²) >= 11 is 0. The number of hydrogen-bond donors (Lipinski definition) is 0. The van der Waals surface area contributed by atoms with E-state index in [1.54, 1.807) is 0 Å². The molecule has 1 aliphatic rings. The fourth-order valence-electron chi connectivity index (χ4n) is 2.87. The van der Waals surface area contributed by atoms with Crippen molar-refractivity contribution in [3.8, 4) is 0 Å². The molecule has 0 unspecified atom stereocenters. The van der Waals surface area contributed by atoms with Crippen molar-refractivity contribution in [2.24, 2.45) is 0 Å².